The molecule has 4 nitrogen and oxygen atoms in total. The topological polar surface area (TPSA) is 36.4 Å². The standard InChI is InChI=1S/C19H25N3OS/c1-3-15-6-4-5-9-22(15)18(23)14-11-21(12-14)19-20-16-8-7-13(2)10-17(16)24-19/h7-8,10,14-15H,3-6,9,11-12H2,1-2H3. The third kappa shape index (κ3) is 2.79. The van der Waals surface area contributed by atoms with Crippen molar-refractivity contribution in [1.29, 1.82) is 0 Å². The summed E-state index contributed by atoms with van der Waals surface area (Å²) in [7, 11) is 0. The lowest BCUT2D eigenvalue weighted by molar-refractivity contribution is -0.140. The molecule has 2 fully saturated rings. The number of carbonyl (C=O) groups is 1. The van der Waals surface area contributed by atoms with Crippen LogP contribution < -0.4 is 4.90 Å². The molecule has 1 unspecified atom stereocenters. The first-order valence-corrected chi connectivity index (χ1v) is 9.90. The molecule has 1 aromatic carbocycles. The van der Waals surface area contributed by atoms with E-state index in [-0.39, 0.29) is 5.92 Å². The van der Waals surface area contributed by atoms with Gasteiger partial charge in [-0.15, -0.1) is 0 Å². The first-order chi connectivity index (χ1) is 11.7. The molecule has 0 aliphatic carbocycles. The van der Waals surface area contributed by atoms with Crippen molar-refractivity contribution in [1.82, 2.24) is 9.88 Å². The zero-order chi connectivity index (χ0) is 16.7. The Labute approximate surface area is 147 Å². The van der Waals surface area contributed by atoms with E-state index in [1.54, 1.807) is 11.3 Å². The van der Waals surface area contributed by atoms with Gasteiger partial charge in [0.25, 0.3) is 0 Å². The molecule has 0 spiro atoms. The zero-order valence-corrected chi connectivity index (χ0v) is 15.3. The largest absolute Gasteiger partial charge is 0.346 e. The number of amides is 1. The van der Waals surface area contributed by atoms with Crippen molar-refractivity contribution in [3.05, 3.63) is 23.8 Å². The first-order valence-electron chi connectivity index (χ1n) is 9.08. The lowest BCUT2D eigenvalue weighted by Crippen LogP contribution is -2.57. The molecule has 0 radical (unpaired) electrons. The number of hydrogen-bond donors (Lipinski definition) is 0. The molecule has 3 heterocycles. The van der Waals surface area contributed by atoms with E-state index in [0.717, 1.165) is 43.1 Å². The van der Waals surface area contributed by atoms with Crippen molar-refractivity contribution < 1.29 is 4.79 Å². The summed E-state index contributed by atoms with van der Waals surface area (Å²) in [6.07, 6.45) is 4.69. The van der Waals surface area contributed by atoms with E-state index in [9.17, 15) is 4.79 Å². The van der Waals surface area contributed by atoms with Crippen molar-refractivity contribution in [2.24, 2.45) is 5.92 Å². The third-order valence-electron chi connectivity index (χ3n) is 5.42. The molecular weight excluding hydrogens is 318 g/mol. The Bertz CT molecular complexity index is 750. The molecule has 2 saturated heterocycles. The Hall–Kier alpha value is -1.62. The van der Waals surface area contributed by atoms with Gasteiger partial charge in [0.05, 0.1) is 16.1 Å². The van der Waals surface area contributed by atoms with Crippen LogP contribution in [0, 0.1) is 12.8 Å². The Balaban J connectivity index is 1.42. The van der Waals surface area contributed by atoms with E-state index in [1.807, 2.05) is 0 Å². The SMILES string of the molecule is CCC1CCCCN1C(=O)C1CN(c2nc3ccc(C)cc3s2)C1. The van der Waals surface area contributed by atoms with Crippen LogP contribution in [-0.2, 0) is 4.79 Å². The number of aromatic nitrogens is 1. The maximum absolute atomic E-state index is 12.8. The molecular formula is C19H25N3OS. The van der Waals surface area contributed by atoms with E-state index >= 15 is 0 Å². The number of rotatable bonds is 3. The van der Waals surface area contributed by atoms with Gasteiger partial charge in [0.15, 0.2) is 5.13 Å². The van der Waals surface area contributed by atoms with Crippen LogP contribution in [0.1, 0.15) is 38.2 Å². The summed E-state index contributed by atoms with van der Waals surface area (Å²) in [6.45, 7) is 6.91. The van der Waals surface area contributed by atoms with Crippen LogP contribution in [0.2, 0.25) is 0 Å². The Morgan fingerprint density at radius 2 is 2.17 bits per heavy atom. The van der Waals surface area contributed by atoms with Crippen LogP contribution in [0.25, 0.3) is 10.2 Å². The summed E-state index contributed by atoms with van der Waals surface area (Å²) in [5.74, 6) is 0.528. The van der Waals surface area contributed by atoms with Crippen LogP contribution in [0.4, 0.5) is 5.13 Å². The molecule has 24 heavy (non-hydrogen) atoms. The van der Waals surface area contributed by atoms with Crippen molar-refractivity contribution >= 4 is 32.6 Å². The summed E-state index contributed by atoms with van der Waals surface area (Å²) in [5, 5.41) is 1.06. The number of anilines is 1. The average molecular weight is 343 g/mol. The van der Waals surface area contributed by atoms with Crippen LogP contribution in [0.3, 0.4) is 0 Å². The van der Waals surface area contributed by atoms with E-state index < -0.39 is 0 Å². The Kier molecular flexibility index (Phi) is 4.21. The fourth-order valence-electron chi connectivity index (χ4n) is 3.90. The molecule has 2 aliphatic rings. The Morgan fingerprint density at radius 3 is 2.96 bits per heavy atom. The molecule has 0 bridgehead atoms. The molecule has 1 atom stereocenters. The fourth-order valence-corrected chi connectivity index (χ4v) is 4.98. The Morgan fingerprint density at radius 1 is 1.33 bits per heavy atom. The summed E-state index contributed by atoms with van der Waals surface area (Å²) in [4.78, 5) is 22.0. The van der Waals surface area contributed by atoms with Gasteiger partial charge in [-0.25, -0.2) is 4.98 Å². The minimum atomic E-state index is 0.158. The highest BCUT2D eigenvalue weighted by Crippen LogP contribution is 2.34. The molecule has 0 N–H and O–H groups in total. The van der Waals surface area contributed by atoms with E-state index in [0.29, 0.717) is 11.9 Å². The van der Waals surface area contributed by atoms with Crippen LogP contribution in [0.15, 0.2) is 18.2 Å². The molecule has 2 aliphatic heterocycles. The van der Waals surface area contributed by atoms with Crippen molar-refractivity contribution in [2.45, 2.75) is 45.6 Å². The number of piperidine rings is 1. The second-order valence-electron chi connectivity index (χ2n) is 7.16. The molecule has 0 saturated carbocycles. The lowest BCUT2D eigenvalue weighted by Gasteiger charge is -2.43. The first kappa shape index (κ1) is 15.9. The molecule has 4 rings (SSSR count). The summed E-state index contributed by atoms with van der Waals surface area (Å²) >= 11 is 1.74. The number of nitrogens with zero attached hydrogens (tertiary/aromatic N) is 3. The molecule has 5 heteroatoms. The summed E-state index contributed by atoms with van der Waals surface area (Å²) in [5.41, 5.74) is 2.34. The van der Waals surface area contributed by atoms with Gasteiger partial charge in [-0.05, 0) is 50.3 Å². The zero-order valence-electron chi connectivity index (χ0n) is 14.5. The fraction of sp³-hybridized carbons (Fsp3) is 0.579. The number of thiazole rings is 1. The van der Waals surface area contributed by atoms with Gasteiger partial charge in [-0.1, -0.05) is 24.3 Å². The van der Waals surface area contributed by atoms with Gasteiger partial charge in [0.1, 0.15) is 0 Å². The highest BCUT2D eigenvalue weighted by atomic mass is 32.1. The van der Waals surface area contributed by atoms with Crippen molar-refractivity contribution in [3.8, 4) is 0 Å². The third-order valence-corrected chi connectivity index (χ3v) is 6.49. The minimum absolute atomic E-state index is 0.158. The number of fused-ring (bicyclic) bond motifs is 1. The molecule has 1 aromatic heterocycles. The molecule has 1 amide bonds. The number of hydrogen-bond acceptors (Lipinski definition) is 4. The predicted molar refractivity (Wildman–Crippen MR) is 99.7 cm³/mol. The van der Waals surface area contributed by atoms with Gasteiger partial charge < -0.3 is 9.80 Å². The predicted octanol–water partition coefficient (Wildman–Crippen LogP) is 3.83. The number of benzene rings is 1. The molecule has 2 aromatic rings. The minimum Gasteiger partial charge on any atom is -0.346 e. The maximum atomic E-state index is 12.8. The smallest absolute Gasteiger partial charge is 0.229 e. The van der Waals surface area contributed by atoms with Gasteiger partial charge in [0, 0.05) is 25.7 Å². The highest BCUT2D eigenvalue weighted by molar-refractivity contribution is 7.22. The van der Waals surface area contributed by atoms with Crippen molar-refractivity contribution in [2.75, 3.05) is 24.5 Å². The monoisotopic (exact) mass is 343 g/mol. The van der Waals surface area contributed by atoms with Gasteiger partial charge in [-0.3, -0.25) is 4.79 Å². The lowest BCUT2D eigenvalue weighted by atomic mass is 9.94. The highest BCUT2D eigenvalue weighted by Gasteiger charge is 2.39. The number of carbonyl (C=O) groups excluding carboxylic acids is 1. The van der Waals surface area contributed by atoms with E-state index in [2.05, 4.69) is 41.8 Å². The summed E-state index contributed by atoms with van der Waals surface area (Å²) < 4.78 is 1.24. The second kappa shape index (κ2) is 6.36. The average Bonchev–Trinajstić information content (AvgIpc) is 2.95. The molecule has 128 valence electrons. The van der Waals surface area contributed by atoms with E-state index in [4.69, 9.17) is 4.98 Å². The summed E-state index contributed by atoms with van der Waals surface area (Å²) in [6, 6.07) is 6.85. The number of aryl methyl sites for hydroxylation is 1. The van der Waals surface area contributed by atoms with Gasteiger partial charge >= 0.3 is 0 Å². The maximum Gasteiger partial charge on any atom is 0.229 e. The number of likely N-dealkylation sites (tertiary alicyclic amines) is 1. The quantitative estimate of drug-likeness (QED) is 0.850. The van der Waals surface area contributed by atoms with E-state index in [1.165, 1.54) is 23.1 Å². The van der Waals surface area contributed by atoms with Crippen LogP contribution in [-0.4, -0.2) is 41.5 Å². The van der Waals surface area contributed by atoms with Crippen molar-refractivity contribution in [3.63, 3.8) is 0 Å². The normalized spacial score (nSPS) is 22.0. The van der Waals surface area contributed by atoms with Crippen LogP contribution >= 0.6 is 11.3 Å². The second-order valence-corrected chi connectivity index (χ2v) is 8.17. The van der Waals surface area contributed by atoms with Gasteiger partial charge in [0.2, 0.25) is 5.91 Å². The van der Waals surface area contributed by atoms with Gasteiger partial charge in [-0.2, -0.15) is 0 Å². The van der Waals surface area contributed by atoms with Crippen LogP contribution in [0.5, 0.6) is 0 Å².